The van der Waals surface area contributed by atoms with E-state index in [1.165, 1.54) is 0 Å². The molecule has 0 aliphatic carbocycles. The molecule has 6 heteroatoms. The molecule has 0 aromatic heterocycles. The molecule has 0 amide bonds. The van der Waals surface area contributed by atoms with Crippen molar-refractivity contribution in [2.75, 3.05) is 33.0 Å². The third kappa shape index (κ3) is 120. The molecular formula is C20H45O5U-5. The SMILES string of the molecule is CCCC[O-].CCCC[O-].CCCC[O-].CCCC[O-].CCCC[O-].[U]. The summed E-state index contributed by atoms with van der Waals surface area (Å²) >= 11 is 0. The fourth-order valence-electron chi connectivity index (χ4n) is 0.722. The predicted octanol–water partition coefficient (Wildman–Crippen LogP) is 0.734. The summed E-state index contributed by atoms with van der Waals surface area (Å²) < 4.78 is 0. The van der Waals surface area contributed by atoms with E-state index in [0.717, 1.165) is 64.2 Å². The van der Waals surface area contributed by atoms with Crippen molar-refractivity contribution in [3.05, 3.63) is 0 Å². The van der Waals surface area contributed by atoms with Crippen LogP contribution >= 0.6 is 0 Å². The molecule has 0 radical (unpaired) electrons. The molecule has 0 atom stereocenters. The van der Waals surface area contributed by atoms with Gasteiger partial charge in [0.25, 0.3) is 0 Å². The van der Waals surface area contributed by atoms with E-state index in [2.05, 4.69) is 0 Å². The average Bonchev–Trinajstić information content (AvgIpc) is 2.61. The van der Waals surface area contributed by atoms with E-state index in [1.54, 1.807) is 0 Å². The van der Waals surface area contributed by atoms with Gasteiger partial charge in [-0.25, -0.2) is 0 Å². The second kappa shape index (κ2) is 63.5. The Kier molecular flexibility index (Phi) is 101. The van der Waals surface area contributed by atoms with Gasteiger partial charge < -0.3 is 25.5 Å². The van der Waals surface area contributed by atoms with Gasteiger partial charge in [-0.3, -0.25) is 0 Å². The number of hydrogen-bond acceptors (Lipinski definition) is 5. The fraction of sp³-hybridized carbons (Fsp3) is 1.00. The van der Waals surface area contributed by atoms with Crippen molar-refractivity contribution >= 4 is 0 Å². The summed E-state index contributed by atoms with van der Waals surface area (Å²) in [6.45, 7) is 10.5. The predicted molar refractivity (Wildman–Crippen MR) is 98.9 cm³/mol. The topological polar surface area (TPSA) is 115 Å². The second-order valence-corrected chi connectivity index (χ2v) is 5.29. The van der Waals surface area contributed by atoms with E-state index >= 15 is 0 Å². The number of hydrogen-bond donors (Lipinski definition) is 0. The van der Waals surface area contributed by atoms with Gasteiger partial charge in [0, 0.05) is 31.1 Å². The molecule has 164 valence electrons. The molecule has 0 aliphatic heterocycles. The molecular weight excluding hydrogens is 558 g/mol. The minimum absolute atomic E-state index is 0. The van der Waals surface area contributed by atoms with Crippen molar-refractivity contribution in [3.8, 4) is 0 Å². The quantitative estimate of drug-likeness (QED) is 0.366. The Labute approximate surface area is 188 Å². The summed E-state index contributed by atoms with van der Waals surface area (Å²) in [5.41, 5.74) is 0. The Morgan fingerprint density at radius 3 is 0.462 bits per heavy atom. The first-order valence-electron chi connectivity index (χ1n) is 9.98. The van der Waals surface area contributed by atoms with Gasteiger partial charge in [0.15, 0.2) is 0 Å². The Morgan fingerprint density at radius 2 is 0.462 bits per heavy atom. The van der Waals surface area contributed by atoms with E-state index in [4.69, 9.17) is 0 Å². The molecule has 0 aromatic carbocycles. The first-order valence-corrected chi connectivity index (χ1v) is 9.98. The summed E-state index contributed by atoms with van der Waals surface area (Å²) in [6, 6.07) is 0. The van der Waals surface area contributed by atoms with Gasteiger partial charge in [-0.1, -0.05) is 98.8 Å². The molecule has 0 N–H and O–H groups in total. The van der Waals surface area contributed by atoms with Crippen molar-refractivity contribution in [3.63, 3.8) is 0 Å². The molecule has 0 rings (SSSR count). The monoisotopic (exact) mass is 603 g/mol. The van der Waals surface area contributed by atoms with Crippen LogP contribution in [0.15, 0.2) is 0 Å². The molecule has 0 saturated carbocycles. The summed E-state index contributed by atoms with van der Waals surface area (Å²) in [5, 5.41) is 47.6. The van der Waals surface area contributed by atoms with Gasteiger partial charge in [-0.05, 0) is 0 Å². The Hall–Kier alpha value is 0.852. The van der Waals surface area contributed by atoms with Crippen LogP contribution in [0.3, 0.4) is 0 Å². The van der Waals surface area contributed by atoms with Gasteiger partial charge in [0.2, 0.25) is 0 Å². The second-order valence-electron chi connectivity index (χ2n) is 5.29. The third-order valence-corrected chi connectivity index (χ3v) is 2.49. The molecule has 0 bridgehead atoms. The van der Waals surface area contributed by atoms with Gasteiger partial charge >= 0.3 is 0 Å². The van der Waals surface area contributed by atoms with Gasteiger partial charge in [0.05, 0.1) is 0 Å². The van der Waals surface area contributed by atoms with E-state index < -0.39 is 0 Å². The normalized spacial score (nSPS) is 8.08. The summed E-state index contributed by atoms with van der Waals surface area (Å²) in [4.78, 5) is 0. The van der Waals surface area contributed by atoms with Gasteiger partial charge in [0.1, 0.15) is 0 Å². The first kappa shape index (κ1) is 41.3. The Bertz CT molecular complexity index is 96.5. The first-order chi connectivity index (χ1) is 12.1. The van der Waals surface area contributed by atoms with E-state index in [1.807, 2.05) is 34.6 Å². The molecule has 0 fully saturated rings. The zero-order valence-corrected chi connectivity index (χ0v) is 22.3. The molecule has 26 heavy (non-hydrogen) atoms. The van der Waals surface area contributed by atoms with Crippen LogP contribution in [-0.4, -0.2) is 33.0 Å². The number of unbranched alkanes of at least 4 members (excludes halogenated alkanes) is 5. The zero-order valence-electron chi connectivity index (χ0n) is 18.1. The van der Waals surface area contributed by atoms with Crippen molar-refractivity contribution in [1.82, 2.24) is 0 Å². The van der Waals surface area contributed by atoms with Crippen LogP contribution < -0.4 is 25.5 Å². The van der Waals surface area contributed by atoms with Crippen LogP contribution in [0, 0.1) is 31.1 Å². The molecule has 0 aromatic rings. The van der Waals surface area contributed by atoms with Crippen molar-refractivity contribution in [2.45, 2.75) is 98.8 Å². The van der Waals surface area contributed by atoms with Gasteiger partial charge in [-0.2, -0.15) is 0 Å². The summed E-state index contributed by atoms with van der Waals surface area (Å²) in [6.07, 6.45) is 9.32. The minimum atomic E-state index is 0. The van der Waals surface area contributed by atoms with E-state index in [0.29, 0.717) is 0 Å². The van der Waals surface area contributed by atoms with Crippen molar-refractivity contribution in [2.24, 2.45) is 0 Å². The zero-order chi connectivity index (χ0) is 20.6. The van der Waals surface area contributed by atoms with Gasteiger partial charge in [-0.15, -0.1) is 33.0 Å². The third-order valence-electron chi connectivity index (χ3n) is 2.49. The molecule has 0 spiro atoms. The summed E-state index contributed by atoms with van der Waals surface area (Å²) in [5.74, 6) is 0. The van der Waals surface area contributed by atoms with Crippen LogP contribution in [0.4, 0.5) is 0 Å². The number of rotatable bonds is 10. The largest absolute Gasteiger partial charge is 0.854 e. The minimum Gasteiger partial charge on any atom is -0.854 e. The fourth-order valence-corrected chi connectivity index (χ4v) is 0.722. The van der Waals surface area contributed by atoms with E-state index in [9.17, 15) is 25.5 Å². The smallest absolute Gasteiger partial charge is 0 e. The molecule has 0 aliphatic rings. The maximum atomic E-state index is 9.53. The maximum Gasteiger partial charge on any atom is 0 e. The van der Waals surface area contributed by atoms with Crippen LogP contribution in [-0.2, 0) is 0 Å². The van der Waals surface area contributed by atoms with E-state index in [-0.39, 0.29) is 64.1 Å². The summed E-state index contributed by atoms with van der Waals surface area (Å²) in [7, 11) is 0. The molecule has 0 unspecified atom stereocenters. The van der Waals surface area contributed by atoms with Crippen molar-refractivity contribution in [1.29, 1.82) is 0 Å². The van der Waals surface area contributed by atoms with Crippen LogP contribution in [0.25, 0.3) is 0 Å². The van der Waals surface area contributed by atoms with Crippen LogP contribution in [0.2, 0.25) is 0 Å². The van der Waals surface area contributed by atoms with Crippen LogP contribution in [0.1, 0.15) is 98.8 Å². The standard InChI is InChI=1S/5C4H9O.U/c5*1-2-3-4-5;/h5*2-4H2,1H3;/q5*-1;. The Morgan fingerprint density at radius 1 is 0.346 bits per heavy atom. The molecule has 0 heterocycles. The average molecular weight is 604 g/mol. The van der Waals surface area contributed by atoms with Crippen LogP contribution in [0.5, 0.6) is 0 Å². The molecule has 5 nitrogen and oxygen atoms in total. The maximum absolute atomic E-state index is 9.53. The molecule has 0 saturated heterocycles. The van der Waals surface area contributed by atoms with Crippen molar-refractivity contribution < 1.29 is 56.6 Å². The Balaban J connectivity index is -0.0000000476.